The Bertz CT molecular complexity index is 469. The molecule has 0 aromatic carbocycles. The van der Waals surface area contributed by atoms with Crippen LogP contribution in [-0.4, -0.2) is 55.5 Å². The van der Waals surface area contributed by atoms with E-state index in [0.717, 1.165) is 0 Å². The average molecular weight is 269 g/mol. The van der Waals surface area contributed by atoms with E-state index >= 15 is 0 Å². The Morgan fingerprint density at radius 2 is 2.16 bits per heavy atom. The van der Waals surface area contributed by atoms with Crippen molar-refractivity contribution in [3.8, 4) is 0 Å². The van der Waals surface area contributed by atoms with Gasteiger partial charge in [-0.3, -0.25) is 9.48 Å². The minimum Gasteiger partial charge on any atom is -0.480 e. The van der Waals surface area contributed by atoms with Crippen LogP contribution in [0, 0.1) is 0 Å². The third-order valence-electron chi connectivity index (χ3n) is 2.88. The van der Waals surface area contributed by atoms with E-state index in [1.807, 2.05) is 0 Å². The summed E-state index contributed by atoms with van der Waals surface area (Å²) in [6.07, 6.45) is 1.47. The van der Waals surface area contributed by atoms with Gasteiger partial charge in [0.15, 0.2) is 5.69 Å². The van der Waals surface area contributed by atoms with Crippen molar-refractivity contribution in [1.82, 2.24) is 19.9 Å². The summed E-state index contributed by atoms with van der Waals surface area (Å²) in [5.74, 6) is -1.53. The average Bonchev–Trinajstić information content (AvgIpc) is 2.78. The van der Waals surface area contributed by atoms with Gasteiger partial charge >= 0.3 is 5.97 Å². The molecule has 0 aliphatic heterocycles. The molecule has 0 bridgehead atoms. The van der Waals surface area contributed by atoms with Gasteiger partial charge < -0.3 is 15.7 Å². The number of carbonyl (C=O) groups excluding carboxylic acids is 1. The molecular formula is C11H19N5O3. The lowest BCUT2D eigenvalue weighted by atomic mass is 10.0. The maximum atomic E-state index is 12.3. The van der Waals surface area contributed by atoms with Crippen LogP contribution < -0.4 is 5.73 Å². The predicted molar refractivity (Wildman–Crippen MR) is 67.5 cm³/mol. The smallest absolute Gasteiger partial charge is 0.329 e. The van der Waals surface area contributed by atoms with Crippen LogP contribution in [0.1, 0.15) is 31.3 Å². The molecule has 1 amide bonds. The summed E-state index contributed by atoms with van der Waals surface area (Å²) in [6.45, 7) is 5.76. The number of aromatic nitrogens is 3. The summed E-state index contributed by atoms with van der Waals surface area (Å²) in [4.78, 5) is 24.7. The van der Waals surface area contributed by atoms with Gasteiger partial charge in [0, 0.05) is 13.1 Å². The predicted octanol–water partition coefficient (Wildman–Crippen LogP) is -0.438. The lowest BCUT2D eigenvalue weighted by molar-refractivity contribution is -0.147. The number of carboxylic acid groups (broad SMARTS) is 1. The number of carbonyl (C=O) groups is 2. The number of aliphatic carboxylic acids is 1. The van der Waals surface area contributed by atoms with E-state index in [0.29, 0.717) is 13.1 Å². The van der Waals surface area contributed by atoms with E-state index in [1.165, 1.54) is 29.6 Å². The van der Waals surface area contributed by atoms with Gasteiger partial charge in [0.2, 0.25) is 0 Å². The molecule has 0 unspecified atom stereocenters. The molecule has 3 N–H and O–H groups in total. The summed E-state index contributed by atoms with van der Waals surface area (Å²) in [7, 11) is 0. The monoisotopic (exact) mass is 269 g/mol. The van der Waals surface area contributed by atoms with E-state index in [1.54, 1.807) is 6.92 Å². The number of hydrogen-bond donors (Lipinski definition) is 2. The quantitative estimate of drug-likeness (QED) is 0.723. The second-order valence-electron chi connectivity index (χ2n) is 4.57. The Morgan fingerprint density at radius 3 is 2.63 bits per heavy atom. The van der Waals surface area contributed by atoms with Crippen molar-refractivity contribution in [2.24, 2.45) is 5.73 Å². The Morgan fingerprint density at radius 1 is 1.53 bits per heavy atom. The molecule has 8 heteroatoms. The van der Waals surface area contributed by atoms with Gasteiger partial charge in [-0.05, 0) is 20.8 Å². The van der Waals surface area contributed by atoms with Gasteiger partial charge in [-0.2, -0.15) is 0 Å². The summed E-state index contributed by atoms with van der Waals surface area (Å²) >= 11 is 0. The minimum atomic E-state index is -1.30. The number of carboxylic acids is 1. The second kappa shape index (κ2) is 5.79. The number of nitrogens with zero attached hydrogens (tertiary/aromatic N) is 4. The molecule has 0 aliphatic rings. The zero-order valence-corrected chi connectivity index (χ0v) is 11.3. The van der Waals surface area contributed by atoms with Crippen molar-refractivity contribution in [2.45, 2.75) is 32.9 Å². The maximum Gasteiger partial charge on any atom is 0.329 e. The van der Waals surface area contributed by atoms with Gasteiger partial charge in [0.1, 0.15) is 5.54 Å². The van der Waals surface area contributed by atoms with Crippen LogP contribution in [0.5, 0.6) is 0 Å². The zero-order valence-electron chi connectivity index (χ0n) is 11.3. The highest BCUT2D eigenvalue weighted by atomic mass is 16.4. The summed E-state index contributed by atoms with van der Waals surface area (Å²) < 4.78 is 1.45. The molecule has 19 heavy (non-hydrogen) atoms. The Balaban J connectivity index is 2.98. The first-order valence-corrected chi connectivity index (χ1v) is 6.00. The van der Waals surface area contributed by atoms with E-state index < -0.39 is 17.4 Å². The number of likely N-dealkylation sites (N-methyl/N-ethyl adjacent to an activating group) is 1. The molecule has 1 aromatic rings. The van der Waals surface area contributed by atoms with Gasteiger partial charge in [-0.1, -0.05) is 5.21 Å². The Kier molecular flexibility index (Phi) is 4.60. The highest BCUT2D eigenvalue weighted by Crippen LogP contribution is 2.17. The fraction of sp³-hybridized carbons (Fsp3) is 0.636. The van der Waals surface area contributed by atoms with Crippen LogP contribution in [0.4, 0.5) is 0 Å². The van der Waals surface area contributed by atoms with E-state index in [2.05, 4.69) is 10.3 Å². The van der Waals surface area contributed by atoms with Crippen molar-refractivity contribution in [2.75, 3.05) is 13.1 Å². The van der Waals surface area contributed by atoms with E-state index in [9.17, 15) is 14.7 Å². The number of amides is 1. The third-order valence-corrected chi connectivity index (χ3v) is 2.88. The lowest BCUT2D eigenvalue weighted by Gasteiger charge is -2.33. The Labute approximate surface area is 111 Å². The summed E-state index contributed by atoms with van der Waals surface area (Å²) in [6, 6.07) is 0. The number of hydrogen-bond acceptors (Lipinski definition) is 5. The van der Waals surface area contributed by atoms with Crippen molar-refractivity contribution < 1.29 is 14.7 Å². The molecule has 0 radical (unpaired) electrons. The summed E-state index contributed by atoms with van der Waals surface area (Å²) in [5, 5.41) is 16.7. The number of rotatable bonds is 6. The first kappa shape index (κ1) is 15.1. The van der Waals surface area contributed by atoms with Crippen LogP contribution in [-0.2, 0) is 11.3 Å². The van der Waals surface area contributed by atoms with E-state index in [4.69, 9.17) is 5.73 Å². The third kappa shape index (κ3) is 3.08. The molecule has 0 saturated heterocycles. The van der Waals surface area contributed by atoms with Gasteiger partial charge in [-0.15, -0.1) is 5.10 Å². The number of nitrogens with two attached hydrogens (primary N) is 1. The van der Waals surface area contributed by atoms with Gasteiger partial charge in [0.25, 0.3) is 5.91 Å². The van der Waals surface area contributed by atoms with Crippen LogP contribution >= 0.6 is 0 Å². The maximum absolute atomic E-state index is 12.3. The Hall–Kier alpha value is -1.96. The molecule has 0 aliphatic carbocycles. The fourth-order valence-electron chi connectivity index (χ4n) is 1.68. The van der Waals surface area contributed by atoms with Crippen molar-refractivity contribution in [3.63, 3.8) is 0 Å². The molecular weight excluding hydrogens is 250 g/mol. The van der Waals surface area contributed by atoms with Crippen molar-refractivity contribution in [1.29, 1.82) is 0 Å². The molecule has 0 fully saturated rings. The van der Waals surface area contributed by atoms with Crippen LogP contribution in [0.25, 0.3) is 0 Å². The molecule has 0 atom stereocenters. The first-order chi connectivity index (χ1) is 8.84. The van der Waals surface area contributed by atoms with E-state index in [-0.39, 0.29) is 12.2 Å². The minimum absolute atomic E-state index is 0.115. The largest absolute Gasteiger partial charge is 0.480 e. The van der Waals surface area contributed by atoms with Crippen LogP contribution in [0.2, 0.25) is 0 Å². The molecule has 1 heterocycles. The summed E-state index contributed by atoms with van der Waals surface area (Å²) in [5.41, 5.74) is 4.19. The molecule has 1 aromatic heterocycles. The van der Waals surface area contributed by atoms with Gasteiger partial charge in [-0.25, -0.2) is 4.79 Å². The molecule has 8 nitrogen and oxygen atoms in total. The molecule has 0 saturated carbocycles. The standard InChI is InChI=1S/C11H19N5O3/c1-4-16(11(2,3)10(18)19)9(17)8-7-15(6-5-12)14-13-8/h7H,4-6,12H2,1-3H3,(H,18,19). The topological polar surface area (TPSA) is 114 Å². The van der Waals surface area contributed by atoms with Crippen molar-refractivity contribution >= 4 is 11.9 Å². The molecule has 1 rings (SSSR count). The first-order valence-electron chi connectivity index (χ1n) is 6.00. The van der Waals surface area contributed by atoms with Crippen molar-refractivity contribution in [3.05, 3.63) is 11.9 Å². The van der Waals surface area contributed by atoms with Crippen LogP contribution in [0.15, 0.2) is 6.20 Å². The lowest BCUT2D eigenvalue weighted by Crippen LogP contribution is -2.53. The zero-order chi connectivity index (χ0) is 14.6. The highest BCUT2D eigenvalue weighted by Gasteiger charge is 2.38. The highest BCUT2D eigenvalue weighted by molar-refractivity contribution is 5.95. The second-order valence-corrected chi connectivity index (χ2v) is 4.57. The SMILES string of the molecule is CCN(C(=O)c1cn(CCN)nn1)C(C)(C)C(=O)O. The van der Waals surface area contributed by atoms with Gasteiger partial charge in [0.05, 0.1) is 12.7 Å². The normalized spacial score (nSPS) is 11.4. The fourth-order valence-corrected chi connectivity index (χ4v) is 1.68. The van der Waals surface area contributed by atoms with Crippen LogP contribution in [0.3, 0.4) is 0 Å². The molecule has 0 spiro atoms. The molecule has 106 valence electrons.